The molecule has 0 aliphatic carbocycles. The summed E-state index contributed by atoms with van der Waals surface area (Å²) in [7, 11) is 2.01. The van der Waals surface area contributed by atoms with Crippen LogP contribution in [0.4, 0.5) is 0 Å². The van der Waals surface area contributed by atoms with Crippen LogP contribution in [0.15, 0.2) is 12.1 Å². The van der Waals surface area contributed by atoms with E-state index in [1.54, 1.807) is 0 Å². The summed E-state index contributed by atoms with van der Waals surface area (Å²) < 4.78 is 0. The minimum absolute atomic E-state index is 0.591. The molecule has 1 unspecified atom stereocenters. The van der Waals surface area contributed by atoms with Gasteiger partial charge >= 0.3 is 0 Å². The van der Waals surface area contributed by atoms with E-state index in [-0.39, 0.29) is 0 Å². The number of aryl methyl sites for hydroxylation is 1. The highest BCUT2D eigenvalue weighted by Crippen LogP contribution is 2.16. The summed E-state index contributed by atoms with van der Waals surface area (Å²) in [5.74, 6) is 0. The van der Waals surface area contributed by atoms with Crippen molar-refractivity contribution in [1.29, 1.82) is 0 Å². The Balaban J connectivity index is 2.50. The third-order valence-electron chi connectivity index (χ3n) is 1.80. The number of rotatable bonds is 3. The molecule has 0 amide bonds. The van der Waals surface area contributed by atoms with E-state index in [0.29, 0.717) is 6.04 Å². The molecule has 2 heteroatoms. The van der Waals surface area contributed by atoms with Gasteiger partial charge in [0.25, 0.3) is 0 Å². The van der Waals surface area contributed by atoms with Crippen LogP contribution in [0.1, 0.15) is 16.7 Å². The summed E-state index contributed by atoms with van der Waals surface area (Å²) in [4.78, 5) is 2.88. The first-order valence-electron chi connectivity index (χ1n) is 3.95. The Bertz CT molecular complexity index is 217. The van der Waals surface area contributed by atoms with E-state index < -0.39 is 0 Å². The van der Waals surface area contributed by atoms with Gasteiger partial charge in [0.1, 0.15) is 0 Å². The van der Waals surface area contributed by atoms with Crippen LogP contribution in [0.2, 0.25) is 0 Å². The number of hydrogen-bond acceptors (Lipinski definition) is 2. The SMILES string of the molecule is CNC(C)Cc1ccc(C)s1. The molecule has 1 atom stereocenters. The van der Waals surface area contributed by atoms with Gasteiger partial charge in [-0.2, -0.15) is 0 Å². The van der Waals surface area contributed by atoms with Crippen molar-refractivity contribution in [3.05, 3.63) is 21.9 Å². The van der Waals surface area contributed by atoms with Crippen LogP contribution in [-0.2, 0) is 6.42 Å². The lowest BCUT2D eigenvalue weighted by Gasteiger charge is -2.06. The molecule has 1 aromatic heterocycles. The van der Waals surface area contributed by atoms with Gasteiger partial charge in [0, 0.05) is 15.8 Å². The molecule has 11 heavy (non-hydrogen) atoms. The molecule has 0 aliphatic heterocycles. The highest BCUT2D eigenvalue weighted by Gasteiger charge is 2.01. The molecule has 1 aromatic rings. The lowest BCUT2D eigenvalue weighted by molar-refractivity contribution is 0.613. The van der Waals surface area contributed by atoms with E-state index in [1.807, 2.05) is 18.4 Å². The number of nitrogens with one attached hydrogen (secondary N) is 1. The van der Waals surface area contributed by atoms with Crippen molar-refractivity contribution in [2.45, 2.75) is 26.3 Å². The van der Waals surface area contributed by atoms with Crippen molar-refractivity contribution < 1.29 is 0 Å². The van der Waals surface area contributed by atoms with Gasteiger partial charge in [-0.3, -0.25) is 0 Å². The molecule has 0 saturated heterocycles. The summed E-state index contributed by atoms with van der Waals surface area (Å²) in [6, 6.07) is 4.99. The molecule has 1 N–H and O–H groups in total. The zero-order chi connectivity index (χ0) is 8.27. The second-order valence-corrected chi connectivity index (χ2v) is 4.28. The van der Waals surface area contributed by atoms with Crippen molar-refractivity contribution in [2.24, 2.45) is 0 Å². The first kappa shape index (κ1) is 8.75. The fraction of sp³-hybridized carbons (Fsp3) is 0.556. The van der Waals surface area contributed by atoms with Crippen LogP contribution in [-0.4, -0.2) is 13.1 Å². The number of thiophene rings is 1. The van der Waals surface area contributed by atoms with E-state index in [9.17, 15) is 0 Å². The van der Waals surface area contributed by atoms with Crippen molar-refractivity contribution >= 4 is 11.3 Å². The maximum absolute atomic E-state index is 3.23. The van der Waals surface area contributed by atoms with E-state index in [0.717, 1.165) is 6.42 Å². The first-order chi connectivity index (χ1) is 5.22. The summed E-state index contributed by atoms with van der Waals surface area (Å²) in [5.41, 5.74) is 0. The maximum atomic E-state index is 3.23. The molecule has 62 valence electrons. The van der Waals surface area contributed by atoms with Gasteiger partial charge in [0.2, 0.25) is 0 Å². The van der Waals surface area contributed by atoms with Crippen LogP contribution in [0.25, 0.3) is 0 Å². The third-order valence-corrected chi connectivity index (χ3v) is 2.82. The van der Waals surface area contributed by atoms with Gasteiger partial charge < -0.3 is 5.32 Å². The topological polar surface area (TPSA) is 12.0 Å². The second kappa shape index (κ2) is 3.88. The van der Waals surface area contributed by atoms with Gasteiger partial charge in [0.05, 0.1) is 0 Å². The van der Waals surface area contributed by atoms with Crippen molar-refractivity contribution in [3.63, 3.8) is 0 Å². The van der Waals surface area contributed by atoms with Crippen LogP contribution < -0.4 is 5.32 Å². The fourth-order valence-electron chi connectivity index (χ4n) is 0.999. The zero-order valence-electron chi connectivity index (χ0n) is 7.35. The lowest BCUT2D eigenvalue weighted by Crippen LogP contribution is -2.22. The van der Waals surface area contributed by atoms with Gasteiger partial charge in [-0.25, -0.2) is 0 Å². The molecule has 0 aromatic carbocycles. The van der Waals surface area contributed by atoms with E-state index >= 15 is 0 Å². The molecule has 1 rings (SSSR count). The Morgan fingerprint density at radius 2 is 2.27 bits per heavy atom. The molecule has 0 fully saturated rings. The fourth-order valence-corrected chi connectivity index (χ4v) is 2.02. The Hall–Kier alpha value is -0.340. The molecule has 0 radical (unpaired) electrons. The highest BCUT2D eigenvalue weighted by molar-refractivity contribution is 7.11. The van der Waals surface area contributed by atoms with Gasteiger partial charge in [-0.1, -0.05) is 0 Å². The minimum atomic E-state index is 0.591. The van der Waals surface area contributed by atoms with Gasteiger partial charge in [0.15, 0.2) is 0 Å². The lowest BCUT2D eigenvalue weighted by atomic mass is 10.2. The van der Waals surface area contributed by atoms with E-state index in [1.165, 1.54) is 9.75 Å². The average Bonchev–Trinajstić information content (AvgIpc) is 2.35. The van der Waals surface area contributed by atoms with Crippen LogP contribution in [0.5, 0.6) is 0 Å². The average molecular weight is 169 g/mol. The largest absolute Gasteiger partial charge is 0.317 e. The van der Waals surface area contributed by atoms with Crippen molar-refractivity contribution in [3.8, 4) is 0 Å². The Morgan fingerprint density at radius 3 is 2.73 bits per heavy atom. The standard InChI is InChI=1S/C9H15NS/c1-7(10-3)6-9-5-4-8(2)11-9/h4-5,7,10H,6H2,1-3H3. The molecule has 1 heterocycles. The maximum Gasteiger partial charge on any atom is 0.00840 e. The number of hydrogen-bond donors (Lipinski definition) is 1. The predicted molar refractivity (Wildman–Crippen MR) is 51.3 cm³/mol. The summed E-state index contributed by atoms with van der Waals surface area (Å²) in [6.45, 7) is 4.35. The molecule has 1 nitrogen and oxygen atoms in total. The van der Waals surface area contributed by atoms with Crippen molar-refractivity contribution in [1.82, 2.24) is 5.32 Å². The summed E-state index contributed by atoms with van der Waals surface area (Å²) in [6.07, 6.45) is 1.15. The Labute approximate surface area is 72.4 Å². The van der Waals surface area contributed by atoms with Gasteiger partial charge in [-0.15, -0.1) is 11.3 Å². The quantitative estimate of drug-likeness (QED) is 0.731. The summed E-state index contributed by atoms with van der Waals surface area (Å²) >= 11 is 1.89. The van der Waals surface area contributed by atoms with Crippen LogP contribution in [0.3, 0.4) is 0 Å². The van der Waals surface area contributed by atoms with E-state index in [4.69, 9.17) is 0 Å². The normalized spacial score (nSPS) is 13.4. The molecule has 0 bridgehead atoms. The Morgan fingerprint density at radius 1 is 1.55 bits per heavy atom. The molecule has 0 saturated carbocycles. The monoisotopic (exact) mass is 169 g/mol. The van der Waals surface area contributed by atoms with Crippen molar-refractivity contribution in [2.75, 3.05) is 7.05 Å². The molecular weight excluding hydrogens is 154 g/mol. The first-order valence-corrected chi connectivity index (χ1v) is 4.76. The smallest absolute Gasteiger partial charge is 0.00840 e. The van der Waals surface area contributed by atoms with Gasteiger partial charge in [-0.05, 0) is 39.4 Å². The second-order valence-electron chi connectivity index (χ2n) is 2.91. The van der Waals surface area contributed by atoms with Crippen LogP contribution in [0, 0.1) is 6.92 Å². The molecular formula is C9H15NS. The highest BCUT2D eigenvalue weighted by atomic mass is 32.1. The molecule has 0 spiro atoms. The van der Waals surface area contributed by atoms with Crippen LogP contribution >= 0.6 is 11.3 Å². The molecule has 0 aliphatic rings. The number of likely N-dealkylation sites (N-methyl/N-ethyl adjacent to an activating group) is 1. The zero-order valence-corrected chi connectivity index (χ0v) is 8.16. The minimum Gasteiger partial charge on any atom is -0.317 e. The Kier molecular flexibility index (Phi) is 3.09. The summed E-state index contributed by atoms with van der Waals surface area (Å²) in [5, 5.41) is 3.23. The predicted octanol–water partition coefficient (Wildman–Crippen LogP) is 2.21. The van der Waals surface area contributed by atoms with E-state index in [2.05, 4.69) is 31.3 Å². The third kappa shape index (κ3) is 2.64.